The molecule has 140 valence electrons. The van der Waals surface area contributed by atoms with E-state index in [2.05, 4.69) is 5.32 Å². The predicted molar refractivity (Wildman–Crippen MR) is 107 cm³/mol. The van der Waals surface area contributed by atoms with E-state index in [9.17, 15) is 9.90 Å². The maximum absolute atomic E-state index is 12.9. The molecule has 2 heterocycles. The molecule has 4 rings (SSSR count). The van der Waals surface area contributed by atoms with Crippen molar-refractivity contribution in [3.8, 4) is 11.1 Å². The molecule has 2 aromatic carbocycles. The van der Waals surface area contributed by atoms with Crippen molar-refractivity contribution < 1.29 is 14.6 Å². The molecule has 1 saturated heterocycles. The van der Waals surface area contributed by atoms with Crippen LogP contribution in [0.2, 0.25) is 5.02 Å². The van der Waals surface area contributed by atoms with Gasteiger partial charge in [0.15, 0.2) is 0 Å². The lowest BCUT2D eigenvalue weighted by Gasteiger charge is -2.33. The summed E-state index contributed by atoms with van der Waals surface area (Å²) in [4.78, 5) is 12.9. The second-order valence-electron chi connectivity index (χ2n) is 7.35. The molecule has 27 heavy (non-hydrogen) atoms. The number of benzene rings is 2. The molecule has 1 amide bonds. The largest absolute Gasteiger partial charge is 0.509 e. The van der Waals surface area contributed by atoms with Crippen LogP contribution in [0.15, 0.2) is 42.2 Å². The van der Waals surface area contributed by atoms with Crippen molar-refractivity contribution in [3.63, 3.8) is 0 Å². The number of hydrogen-bond donors (Lipinski definition) is 2. The summed E-state index contributed by atoms with van der Waals surface area (Å²) >= 11 is 6.01. The molecule has 0 aromatic heterocycles. The zero-order valence-electron chi connectivity index (χ0n) is 15.4. The second kappa shape index (κ2) is 6.70. The Morgan fingerprint density at radius 3 is 2.56 bits per heavy atom. The summed E-state index contributed by atoms with van der Waals surface area (Å²) in [7, 11) is 0. The van der Waals surface area contributed by atoms with E-state index in [0.29, 0.717) is 30.2 Å². The van der Waals surface area contributed by atoms with Gasteiger partial charge in [-0.1, -0.05) is 35.9 Å². The quantitative estimate of drug-likeness (QED) is 0.798. The molecule has 1 unspecified atom stereocenters. The van der Waals surface area contributed by atoms with Gasteiger partial charge in [-0.15, -0.1) is 0 Å². The SMILES string of the molecule is Cc1ccc(-c2ccc(Cl)cc2)c(C)c1C1=C(O)C2(CCCOC2)NC1=O. The fourth-order valence-corrected chi connectivity index (χ4v) is 4.30. The first kappa shape index (κ1) is 18.1. The highest BCUT2D eigenvalue weighted by Gasteiger charge is 2.47. The smallest absolute Gasteiger partial charge is 0.256 e. The lowest BCUT2D eigenvalue weighted by atomic mass is 9.86. The van der Waals surface area contributed by atoms with Crippen LogP contribution in [0.1, 0.15) is 29.5 Å². The molecule has 0 radical (unpaired) electrons. The van der Waals surface area contributed by atoms with Gasteiger partial charge in [-0.2, -0.15) is 0 Å². The van der Waals surface area contributed by atoms with E-state index in [1.54, 1.807) is 0 Å². The minimum Gasteiger partial charge on any atom is -0.509 e. The van der Waals surface area contributed by atoms with Crippen LogP contribution in [0.3, 0.4) is 0 Å². The standard InChI is InChI=1S/C22H22ClNO3/c1-13-4-9-17(15-5-7-16(23)8-6-15)14(2)18(13)19-20(25)22(24-21(19)26)10-3-11-27-12-22/h4-9,25H,3,10-12H2,1-2H3,(H,24,26). The van der Waals surface area contributed by atoms with E-state index < -0.39 is 5.54 Å². The van der Waals surface area contributed by atoms with Crippen LogP contribution in [-0.4, -0.2) is 29.8 Å². The highest BCUT2D eigenvalue weighted by atomic mass is 35.5. The fourth-order valence-electron chi connectivity index (χ4n) is 4.17. The van der Waals surface area contributed by atoms with Gasteiger partial charge in [-0.25, -0.2) is 0 Å². The third kappa shape index (κ3) is 2.93. The van der Waals surface area contributed by atoms with Crippen molar-refractivity contribution in [3.05, 3.63) is 63.9 Å². The van der Waals surface area contributed by atoms with Crippen LogP contribution < -0.4 is 5.32 Å². The summed E-state index contributed by atoms with van der Waals surface area (Å²) in [5, 5.41) is 14.7. The van der Waals surface area contributed by atoms with E-state index in [4.69, 9.17) is 16.3 Å². The second-order valence-corrected chi connectivity index (χ2v) is 7.79. The molecule has 2 aliphatic rings. The van der Waals surface area contributed by atoms with Crippen LogP contribution >= 0.6 is 11.6 Å². The van der Waals surface area contributed by atoms with Crippen molar-refractivity contribution in [2.24, 2.45) is 0 Å². The van der Waals surface area contributed by atoms with Crippen molar-refractivity contribution >= 4 is 23.1 Å². The van der Waals surface area contributed by atoms with Crippen LogP contribution in [0.4, 0.5) is 0 Å². The Morgan fingerprint density at radius 2 is 1.89 bits per heavy atom. The summed E-state index contributed by atoms with van der Waals surface area (Å²) < 4.78 is 5.55. The maximum Gasteiger partial charge on any atom is 0.256 e. The molecule has 2 N–H and O–H groups in total. The number of aliphatic hydroxyl groups is 1. The summed E-state index contributed by atoms with van der Waals surface area (Å²) in [6, 6.07) is 11.7. The molecule has 0 aliphatic carbocycles. The predicted octanol–water partition coefficient (Wildman–Crippen LogP) is 4.57. The normalized spacial score (nSPS) is 22.4. The van der Waals surface area contributed by atoms with Gasteiger partial charge < -0.3 is 15.2 Å². The average Bonchev–Trinajstić information content (AvgIpc) is 2.88. The van der Waals surface area contributed by atoms with Gasteiger partial charge >= 0.3 is 0 Å². The van der Waals surface area contributed by atoms with Gasteiger partial charge in [0.05, 0.1) is 12.2 Å². The van der Waals surface area contributed by atoms with Crippen molar-refractivity contribution in [1.82, 2.24) is 5.32 Å². The van der Waals surface area contributed by atoms with Gasteiger partial charge in [0, 0.05) is 11.6 Å². The first-order valence-electron chi connectivity index (χ1n) is 9.13. The summed E-state index contributed by atoms with van der Waals surface area (Å²) in [5.41, 5.74) is 4.32. The van der Waals surface area contributed by atoms with Crippen LogP contribution in [0, 0.1) is 13.8 Å². The number of halogens is 1. The number of hydrogen-bond acceptors (Lipinski definition) is 3. The van der Waals surface area contributed by atoms with E-state index in [1.165, 1.54) is 0 Å². The van der Waals surface area contributed by atoms with Gasteiger partial charge in [-0.05, 0) is 66.6 Å². The van der Waals surface area contributed by atoms with Gasteiger partial charge in [0.1, 0.15) is 11.3 Å². The lowest BCUT2D eigenvalue weighted by molar-refractivity contribution is -0.117. The Morgan fingerprint density at radius 1 is 1.15 bits per heavy atom. The van der Waals surface area contributed by atoms with E-state index in [0.717, 1.165) is 34.2 Å². The molecule has 0 saturated carbocycles. The minimum absolute atomic E-state index is 0.103. The number of nitrogens with one attached hydrogen (secondary N) is 1. The Balaban J connectivity index is 1.87. The molecule has 1 atom stereocenters. The Hall–Kier alpha value is -2.30. The maximum atomic E-state index is 12.9. The summed E-state index contributed by atoms with van der Waals surface area (Å²) in [6.07, 6.45) is 1.49. The highest BCUT2D eigenvalue weighted by Crippen LogP contribution is 2.40. The summed E-state index contributed by atoms with van der Waals surface area (Å²) in [5.74, 6) is -0.135. The molecule has 4 nitrogen and oxygen atoms in total. The van der Waals surface area contributed by atoms with Crippen LogP contribution in [0.25, 0.3) is 16.7 Å². The van der Waals surface area contributed by atoms with Crippen molar-refractivity contribution in [2.45, 2.75) is 32.2 Å². The third-order valence-corrected chi connectivity index (χ3v) is 5.84. The molecular weight excluding hydrogens is 362 g/mol. The zero-order valence-corrected chi connectivity index (χ0v) is 16.2. The minimum atomic E-state index is -0.792. The number of carbonyl (C=O) groups excluding carboxylic acids is 1. The molecule has 0 bridgehead atoms. The molecule has 1 spiro atoms. The molecular formula is C22H22ClNO3. The first-order valence-corrected chi connectivity index (χ1v) is 9.51. The first-order chi connectivity index (χ1) is 12.9. The van der Waals surface area contributed by atoms with Crippen molar-refractivity contribution in [1.29, 1.82) is 0 Å². The molecule has 2 aromatic rings. The van der Waals surface area contributed by atoms with Crippen LogP contribution in [0.5, 0.6) is 0 Å². The van der Waals surface area contributed by atoms with Crippen LogP contribution in [-0.2, 0) is 9.53 Å². The average molecular weight is 384 g/mol. The van der Waals surface area contributed by atoms with E-state index in [-0.39, 0.29) is 11.7 Å². The molecule has 5 heteroatoms. The lowest BCUT2D eigenvalue weighted by Crippen LogP contribution is -2.50. The zero-order chi connectivity index (χ0) is 19.2. The Kier molecular flexibility index (Phi) is 4.49. The van der Waals surface area contributed by atoms with E-state index in [1.807, 2.05) is 50.2 Å². The number of amides is 1. The van der Waals surface area contributed by atoms with Gasteiger partial charge in [0.25, 0.3) is 5.91 Å². The number of aliphatic hydroxyl groups excluding tert-OH is 1. The Bertz CT molecular complexity index is 941. The summed E-state index contributed by atoms with van der Waals surface area (Å²) in [6.45, 7) is 4.92. The number of aryl methyl sites for hydroxylation is 1. The van der Waals surface area contributed by atoms with Crippen molar-refractivity contribution in [2.75, 3.05) is 13.2 Å². The number of carbonyl (C=O) groups is 1. The Labute approximate surface area is 163 Å². The van der Waals surface area contributed by atoms with E-state index >= 15 is 0 Å². The number of rotatable bonds is 2. The topological polar surface area (TPSA) is 58.6 Å². The monoisotopic (exact) mass is 383 g/mol. The van der Waals surface area contributed by atoms with Gasteiger partial charge in [-0.3, -0.25) is 4.79 Å². The third-order valence-electron chi connectivity index (χ3n) is 5.59. The molecule has 2 aliphatic heterocycles. The number of ether oxygens (including phenoxy) is 1. The fraction of sp³-hybridized carbons (Fsp3) is 0.318. The molecule has 1 fully saturated rings. The highest BCUT2D eigenvalue weighted by molar-refractivity contribution is 6.30. The van der Waals surface area contributed by atoms with Gasteiger partial charge in [0.2, 0.25) is 0 Å².